The molecule has 2 aromatic rings. The zero-order valence-corrected chi connectivity index (χ0v) is 11.6. The van der Waals surface area contributed by atoms with E-state index >= 15 is 0 Å². The number of hydrogen-bond donors (Lipinski definition) is 1. The largest absolute Gasteiger partial charge is 0.479 e. The molecule has 0 spiro atoms. The van der Waals surface area contributed by atoms with Gasteiger partial charge in [-0.2, -0.15) is 0 Å². The molecular weight excluding hydrogens is 284 g/mol. The quantitative estimate of drug-likeness (QED) is 0.876. The highest BCUT2D eigenvalue weighted by Crippen LogP contribution is 2.50. The summed E-state index contributed by atoms with van der Waals surface area (Å²) >= 11 is 1.12. The van der Waals surface area contributed by atoms with Crippen molar-refractivity contribution in [3.8, 4) is 16.2 Å². The Labute approximate surface area is 118 Å². The first-order chi connectivity index (χ1) is 9.29. The molecule has 2 heterocycles. The molecule has 6 heteroatoms. The first kappa shape index (κ1) is 13.1. The summed E-state index contributed by atoms with van der Waals surface area (Å²) in [5.41, 5.74) is 5.48. The molecule has 3 rings (SSSR count). The molecule has 104 valence electrons. The molecule has 1 aromatic heterocycles. The minimum Gasteiger partial charge on any atom is -0.479 e. The molecule has 2 N–H and O–H groups in total. The molecule has 1 amide bonds. The molecule has 0 radical (unpaired) electrons. The van der Waals surface area contributed by atoms with Crippen LogP contribution in [-0.4, -0.2) is 5.91 Å². The molecular formula is C14H11F2NO2S. The molecule has 1 aliphatic heterocycles. The number of primary amides is 1. The van der Waals surface area contributed by atoms with Gasteiger partial charge >= 0.3 is 0 Å². The SMILES string of the molecule is CC1(C)Oc2c(F)cc(F)cc2-c2sc(C(N)=O)cc21. The molecule has 0 saturated carbocycles. The fourth-order valence-electron chi connectivity index (χ4n) is 2.30. The second-order valence-electron chi connectivity index (χ2n) is 5.09. The van der Waals surface area contributed by atoms with Crippen LogP contribution in [-0.2, 0) is 5.60 Å². The summed E-state index contributed by atoms with van der Waals surface area (Å²) in [6, 6.07) is 3.60. The van der Waals surface area contributed by atoms with E-state index in [2.05, 4.69) is 0 Å². The third-order valence-corrected chi connectivity index (χ3v) is 4.42. The molecule has 0 atom stereocenters. The van der Waals surface area contributed by atoms with E-state index in [-0.39, 0.29) is 5.75 Å². The normalized spacial score (nSPS) is 15.2. The second kappa shape index (κ2) is 4.02. The summed E-state index contributed by atoms with van der Waals surface area (Å²) in [6.07, 6.45) is 0. The molecule has 3 nitrogen and oxygen atoms in total. The number of halogens is 2. The highest BCUT2D eigenvalue weighted by Gasteiger charge is 2.37. The lowest BCUT2D eigenvalue weighted by Crippen LogP contribution is -2.29. The van der Waals surface area contributed by atoms with Crippen LogP contribution in [0.4, 0.5) is 8.78 Å². The average molecular weight is 295 g/mol. The maximum absolute atomic E-state index is 13.9. The maximum Gasteiger partial charge on any atom is 0.258 e. The van der Waals surface area contributed by atoms with Crippen LogP contribution in [0.5, 0.6) is 5.75 Å². The van der Waals surface area contributed by atoms with Gasteiger partial charge in [-0.3, -0.25) is 4.79 Å². The predicted octanol–water partition coefficient (Wildman–Crippen LogP) is 3.42. The van der Waals surface area contributed by atoms with Gasteiger partial charge in [-0.25, -0.2) is 8.78 Å². The Balaban J connectivity index is 2.33. The minimum absolute atomic E-state index is 0.00164. The minimum atomic E-state index is -0.814. The lowest BCUT2D eigenvalue weighted by molar-refractivity contribution is 0.0989. The Hall–Kier alpha value is -1.95. The monoisotopic (exact) mass is 295 g/mol. The zero-order chi connectivity index (χ0) is 14.7. The zero-order valence-electron chi connectivity index (χ0n) is 10.8. The topological polar surface area (TPSA) is 52.3 Å². The number of thiophene rings is 1. The van der Waals surface area contributed by atoms with E-state index < -0.39 is 23.1 Å². The predicted molar refractivity (Wildman–Crippen MR) is 71.8 cm³/mol. The molecule has 0 unspecified atom stereocenters. The average Bonchev–Trinajstić information content (AvgIpc) is 2.77. The Bertz CT molecular complexity index is 737. The van der Waals surface area contributed by atoms with Crippen LogP contribution >= 0.6 is 11.3 Å². The number of hydrogen-bond acceptors (Lipinski definition) is 3. The van der Waals surface area contributed by atoms with E-state index in [0.29, 0.717) is 20.9 Å². The molecule has 20 heavy (non-hydrogen) atoms. The molecule has 0 saturated heterocycles. The summed E-state index contributed by atoms with van der Waals surface area (Å²) in [4.78, 5) is 12.3. The van der Waals surface area contributed by atoms with Crippen molar-refractivity contribution in [2.24, 2.45) is 5.73 Å². The first-order valence-electron chi connectivity index (χ1n) is 5.92. The van der Waals surface area contributed by atoms with Gasteiger partial charge in [0.1, 0.15) is 11.4 Å². The van der Waals surface area contributed by atoms with Gasteiger partial charge in [0.2, 0.25) is 0 Å². The van der Waals surface area contributed by atoms with Crippen LogP contribution in [0.2, 0.25) is 0 Å². The van der Waals surface area contributed by atoms with Gasteiger partial charge in [0, 0.05) is 22.1 Å². The second-order valence-corrected chi connectivity index (χ2v) is 6.15. The van der Waals surface area contributed by atoms with E-state index in [1.165, 1.54) is 6.07 Å². The summed E-state index contributed by atoms with van der Waals surface area (Å²) in [5, 5.41) is 0. The van der Waals surface area contributed by atoms with Crippen molar-refractivity contribution < 1.29 is 18.3 Å². The van der Waals surface area contributed by atoms with E-state index in [1.807, 2.05) is 0 Å². The van der Waals surface area contributed by atoms with Gasteiger partial charge in [0.15, 0.2) is 11.6 Å². The molecule has 0 fully saturated rings. The van der Waals surface area contributed by atoms with Crippen molar-refractivity contribution in [2.45, 2.75) is 19.4 Å². The van der Waals surface area contributed by atoms with Crippen molar-refractivity contribution in [3.63, 3.8) is 0 Å². The number of fused-ring (bicyclic) bond motifs is 3. The smallest absolute Gasteiger partial charge is 0.258 e. The fraction of sp³-hybridized carbons (Fsp3) is 0.214. The van der Waals surface area contributed by atoms with Crippen LogP contribution in [0.3, 0.4) is 0 Å². The van der Waals surface area contributed by atoms with E-state index in [1.54, 1.807) is 19.9 Å². The van der Waals surface area contributed by atoms with Crippen molar-refractivity contribution in [2.75, 3.05) is 0 Å². The number of nitrogens with two attached hydrogens (primary N) is 1. The summed E-state index contributed by atoms with van der Waals surface area (Å²) in [5.74, 6) is -2.02. The van der Waals surface area contributed by atoms with Crippen LogP contribution in [0, 0.1) is 11.6 Å². The standard InChI is InChI=1S/C14H11F2NO2S/c1-14(2)8-5-10(13(17)18)20-12(8)7-3-6(15)4-9(16)11(7)19-14/h3-5H,1-2H3,(H2,17,18). The molecule has 1 aliphatic rings. The van der Waals surface area contributed by atoms with E-state index in [0.717, 1.165) is 17.4 Å². The third kappa shape index (κ3) is 1.79. The highest BCUT2D eigenvalue weighted by atomic mass is 32.1. The van der Waals surface area contributed by atoms with Crippen molar-refractivity contribution >= 4 is 17.2 Å². The Morgan fingerprint density at radius 3 is 2.65 bits per heavy atom. The lowest BCUT2D eigenvalue weighted by Gasteiger charge is -2.32. The van der Waals surface area contributed by atoms with Crippen molar-refractivity contribution in [1.29, 1.82) is 0 Å². The number of carbonyl (C=O) groups is 1. The summed E-state index contributed by atoms with van der Waals surface area (Å²) < 4.78 is 32.9. The number of rotatable bonds is 1. The van der Waals surface area contributed by atoms with Crippen LogP contribution in [0.15, 0.2) is 18.2 Å². The molecule has 0 aliphatic carbocycles. The summed E-state index contributed by atoms with van der Waals surface area (Å²) in [7, 11) is 0. The van der Waals surface area contributed by atoms with E-state index in [9.17, 15) is 13.6 Å². The number of benzene rings is 1. The number of ether oxygens (including phenoxy) is 1. The lowest BCUT2D eigenvalue weighted by atomic mass is 9.92. The van der Waals surface area contributed by atoms with Gasteiger partial charge < -0.3 is 10.5 Å². The number of amides is 1. The van der Waals surface area contributed by atoms with Gasteiger partial charge in [-0.05, 0) is 26.0 Å². The van der Waals surface area contributed by atoms with Gasteiger partial charge in [-0.1, -0.05) is 0 Å². The van der Waals surface area contributed by atoms with Crippen molar-refractivity contribution in [3.05, 3.63) is 40.3 Å². The highest BCUT2D eigenvalue weighted by molar-refractivity contribution is 7.17. The fourth-order valence-corrected chi connectivity index (χ4v) is 3.48. The van der Waals surface area contributed by atoms with Gasteiger partial charge in [0.25, 0.3) is 5.91 Å². The van der Waals surface area contributed by atoms with Gasteiger partial charge in [-0.15, -0.1) is 11.3 Å². The number of carbonyl (C=O) groups excluding carboxylic acids is 1. The van der Waals surface area contributed by atoms with Crippen LogP contribution < -0.4 is 10.5 Å². The Kier molecular flexibility index (Phi) is 2.62. The van der Waals surface area contributed by atoms with E-state index in [4.69, 9.17) is 10.5 Å². The van der Waals surface area contributed by atoms with Crippen LogP contribution in [0.1, 0.15) is 29.1 Å². The first-order valence-corrected chi connectivity index (χ1v) is 6.74. The molecule has 0 bridgehead atoms. The van der Waals surface area contributed by atoms with Crippen LogP contribution in [0.25, 0.3) is 10.4 Å². The maximum atomic E-state index is 13.9. The Morgan fingerprint density at radius 2 is 2.00 bits per heavy atom. The van der Waals surface area contributed by atoms with Gasteiger partial charge in [0.05, 0.1) is 4.88 Å². The Morgan fingerprint density at radius 1 is 1.30 bits per heavy atom. The van der Waals surface area contributed by atoms with Crippen molar-refractivity contribution in [1.82, 2.24) is 0 Å². The third-order valence-electron chi connectivity index (χ3n) is 3.23. The summed E-state index contributed by atoms with van der Waals surface area (Å²) in [6.45, 7) is 3.52. The molecule has 1 aromatic carbocycles.